The number of fused-ring (bicyclic) bond motifs is 1. The topological polar surface area (TPSA) is 75.7 Å². The number of allylic oxidation sites excluding steroid dienone is 2. The predicted octanol–water partition coefficient (Wildman–Crippen LogP) is 1.58. The molecule has 3 atom stereocenters. The Bertz CT molecular complexity index is 590. The molecule has 0 radical (unpaired) electrons. The summed E-state index contributed by atoms with van der Waals surface area (Å²) < 4.78 is 5.21. The maximum absolute atomic E-state index is 12.4. The number of carbonyl (C=O) groups is 3. The van der Waals surface area contributed by atoms with Gasteiger partial charge in [0.15, 0.2) is 12.4 Å². The van der Waals surface area contributed by atoms with E-state index in [1.807, 2.05) is 6.92 Å². The number of halogens is 1. The Hall–Kier alpha value is -1.04. The van der Waals surface area contributed by atoms with Crippen LogP contribution in [0.3, 0.4) is 0 Å². The third-order valence-electron chi connectivity index (χ3n) is 4.07. The van der Waals surface area contributed by atoms with Crippen molar-refractivity contribution >= 4 is 47.6 Å². The molecule has 0 aromatic rings. The van der Waals surface area contributed by atoms with Gasteiger partial charge in [0.05, 0.1) is 11.4 Å². The third kappa shape index (κ3) is 3.73. The van der Waals surface area contributed by atoms with E-state index in [0.717, 1.165) is 11.3 Å². The first-order chi connectivity index (χ1) is 10.9. The van der Waals surface area contributed by atoms with E-state index >= 15 is 0 Å². The second-order valence-electron chi connectivity index (χ2n) is 5.60. The third-order valence-corrected chi connectivity index (χ3v) is 5.15. The van der Waals surface area contributed by atoms with Crippen molar-refractivity contribution in [2.24, 2.45) is 0 Å². The molecule has 2 aliphatic heterocycles. The Morgan fingerprint density at radius 2 is 2.22 bits per heavy atom. The zero-order chi connectivity index (χ0) is 17.1. The van der Waals surface area contributed by atoms with E-state index in [1.165, 1.54) is 0 Å². The average molecular weight is 404 g/mol. The molecule has 1 fully saturated rings. The van der Waals surface area contributed by atoms with Crippen LogP contribution in [0, 0.1) is 0 Å². The summed E-state index contributed by atoms with van der Waals surface area (Å²) in [6.45, 7) is 3.66. The Morgan fingerprint density at radius 1 is 1.52 bits per heavy atom. The van der Waals surface area contributed by atoms with Gasteiger partial charge in [-0.05, 0) is 19.3 Å². The van der Waals surface area contributed by atoms with Gasteiger partial charge >= 0.3 is 0 Å². The van der Waals surface area contributed by atoms with Crippen LogP contribution >= 0.6 is 23.7 Å². The van der Waals surface area contributed by atoms with Gasteiger partial charge in [0.2, 0.25) is 7.77 Å². The molecule has 0 aromatic heterocycles. The highest BCUT2D eigenvalue weighted by atomic mass is 79.9. The molecule has 2 amide bonds. The minimum atomic E-state index is -0.851. The molecular weight excluding hydrogens is 383 g/mol. The number of ketones is 1. The van der Waals surface area contributed by atoms with Crippen LogP contribution in [0.5, 0.6) is 0 Å². The molecule has 2 aliphatic rings. The molecule has 3 unspecified atom stereocenters. The number of nitrogens with zero attached hydrogens (tertiary/aromatic N) is 1. The van der Waals surface area contributed by atoms with Gasteiger partial charge in [-0.2, -0.15) is 4.52 Å². The predicted molar refractivity (Wildman–Crippen MR) is 93.8 cm³/mol. The van der Waals surface area contributed by atoms with E-state index in [9.17, 15) is 14.4 Å². The maximum atomic E-state index is 12.4. The summed E-state index contributed by atoms with van der Waals surface area (Å²) in [5.74, 6) is -0.417. The Morgan fingerprint density at radius 3 is 2.78 bits per heavy atom. The molecule has 1 saturated heterocycles. The summed E-state index contributed by atoms with van der Waals surface area (Å²) in [5, 5.41) is 3.00. The molecular formula is C15H21BrN2O4P+. The first-order valence-corrected chi connectivity index (χ1v) is 10.5. The van der Waals surface area contributed by atoms with Gasteiger partial charge < -0.3 is 10.2 Å². The van der Waals surface area contributed by atoms with Crippen molar-refractivity contribution in [3.8, 4) is 0 Å². The lowest BCUT2D eigenvalue weighted by Gasteiger charge is -2.51. The zero-order valence-electron chi connectivity index (χ0n) is 13.3. The van der Waals surface area contributed by atoms with Crippen molar-refractivity contribution in [3.63, 3.8) is 0 Å². The van der Waals surface area contributed by atoms with E-state index in [1.54, 1.807) is 11.6 Å². The van der Waals surface area contributed by atoms with E-state index in [2.05, 4.69) is 27.5 Å². The standard InChI is InChI=1S/C15H20BrN2O4P/c1-4-10-9(12(19)7-16)5-6-11-14(15(21)18(10)11)17-13(20)8-22-23(2)3/h11,14H,2,4-8H2,1,3H3/p+1. The molecule has 2 heterocycles. The summed E-state index contributed by atoms with van der Waals surface area (Å²) in [7, 11) is -0.851. The van der Waals surface area contributed by atoms with Crippen molar-refractivity contribution in [1.29, 1.82) is 0 Å². The number of Topliss-reactive ketones (excluding diaryl/α,β-unsaturated/α-hetero) is 1. The summed E-state index contributed by atoms with van der Waals surface area (Å²) in [6, 6.07) is -0.572. The highest BCUT2D eigenvalue weighted by Gasteiger charge is 2.51. The summed E-state index contributed by atoms with van der Waals surface area (Å²) in [6.07, 6.45) is 5.66. The lowest BCUT2D eigenvalue weighted by atomic mass is 9.82. The van der Waals surface area contributed by atoms with Crippen LogP contribution < -0.4 is 5.32 Å². The van der Waals surface area contributed by atoms with Crippen LogP contribution in [0.15, 0.2) is 11.3 Å². The average Bonchev–Trinajstić information content (AvgIpc) is 2.55. The molecule has 0 bridgehead atoms. The Kier molecular flexibility index (Phi) is 6.12. The van der Waals surface area contributed by atoms with E-state index in [4.69, 9.17) is 4.52 Å². The first-order valence-electron chi connectivity index (χ1n) is 7.51. The maximum Gasteiger partial charge on any atom is 0.251 e. The van der Waals surface area contributed by atoms with Gasteiger partial charge in [-0.3, -0.25) is 14.4 Å². The zero-order valence-corrected chi connectivity index (χ0v) is 15.8. The van der Waals surface area contributed by atoms with Crippen molar-refractivity contribution in [1.82, 2.24) is 10.2 Å². The van der Waals surface area contributed by atoms with Crippen molar-refractivity contribution in [2.75, 3.05) is 18.6 Å². The molecule has 0 aliphatic carbocycles. The molecule has 126 valence electrons. The van der Waals surface area contributed by atoms with Crippen molar-refractivity contribution in [3.05, 3.63) is 11.3 Å². The highest BCUT2D eigenvalue weighted by Crippen LogP contribution is 2.38. The fourth-order valence-corrected chi connectivity index (χ4v) is 3.74. The molecule has 0 spiro atoms. The molecule has 0 saturated carbocycles. The molecule has 0 aromatic carbocycles. The van der Waals surface area contributed by atoms with E-state index in [0.29, 0.717) is 19.3 Å². The smallest absolute Gasteiger partial charge is 0.251 e. The second kappa shape index (κ2) is 7.69. The van der Waals surface area contributed by atoms with Gasteiger partial charge in [0.1, 0.15) is 19.0 Å². The van der Waals surface area contributed by atoms with Crippen LogP contribution in [0.2, 0.25) is 0 Å². The van der Waals surface area contributed by atoms with E-state index in [-0.39, 0.29) is 35.6 Å². The molecule has 8 heteroatoms. The van der Waals surface area contributed by atoms with Crippen LogP contribution in [-0.2, 0) is 18.9 Å². The molecule has 23 heavy (non-hydrogen) atoms. The van der Waals surface area contributed by atoms with Crippen molar-refractivity contribution in [2.45, 2.75) is 38.3 Å². The number of hydrogen-bond acceptors (Lipinski definition) is 4. The summed E-state index contributed by atoms with van der Waals surface area (Å²) in [4.78, 5) is 37.9. The second-order valence-corrected chi connectivity index (χ2v) is 7.67. The molecule has 6 nitrogen and oxygen atoms in total. The lowest BCUT2D eigenvalue weighted by Crippen LogP contribution is -2.71. The fourth-order valence-electron chi connectivity index (χ4n) is 3.06. The minimum absolute atomic E-state index is 0.0285. The quantitative estimate of drug-likeness (QED) is 0.397. The first kappa shape index (κ1) is 18.3. The highest BCUT2D eigenvalue weighted by molar-refractivity contribution is 9.09. The van der Waals surface area contributed by atoms with Gasteiger partial charge in [0, 0.05) is 11.3 Å². The van der Waals surface area contributed by atoms with Crippen LogP contribution in [-0.4, -0.2) is 59.5 Å². The van der Waals surface area contributed by atoms with Crippen LogP contribution in [0.1, 0.15) is 26.2 Å². The van der Waals surface area contributed by atoms with E-state index < -0.39 is 13.8 Å². The SMILES string of the molecule is C=[P+](C)OCC(=O)NC1C(=O)N2C(CC)=C(C(=O)CBr)CCC12. The minimum Gasteiger partial charge on any atom is -0.340 e. The Labute approximate surface area is 145 Å². The molecule has 2 rings (SSSR count). The number of rotatable bonds is 7. The number of carbonyl (C=O) groups excluding carboxylic acids is 3. The normalized spacial score (nSPS) is 24.0. The number of amides is 2. The van der Waals surface area contributed by atoms with Crippen LogP contribution in [0.4, 0.5) is 0 Å². The van der Waals surface area contributed by atoms with Crippen molar-refractivity contribution < 1.29 is 18.9 Å². The number of alkyl halides is 1. The van der Waals surface area contributed by atoms with Gasteiger partial charge in [-0.1, -0.05) is 22.9 Å². The summed E-state index contributed by atoms with van der Waals surface area (Å²) in [5.41, 5.74) is 1.53. The number of β-lactam (4-membered cyclic amide) rings is 1. The summed E-state index contributed by atoms with van der Waals surface area (Å²) >= 11 is 3.19. The molecule has 1 N–H and O–H groups in total. The van der Waals surface area contributed by atoms with Gasteiger partial charge in [-0.15, -0.1) is 0 Å². The Balaban J connectivity index is 2.06. The fraction of sp³-hybridized carbons (Fsp3) is 0.600. The lowest BCUT2D eigenvalue weighted by molar-refractivity contribution is -0.152. The van der Waals surface area contributed by atoms with Gasteiger partial charge in [0.25, 0.3) is 11.8 Å². The number of nitrogens with one attached hydrogen (secondary N) is 1. The number of hydrogen-bond donors (Lipinski definition) is 1. The largest absolute Gasteiger partial charge is 0.340 e. The monoisotopic (exact) mass is 403 g/mol. The van der Waals surface area contributed by atoms with Crippen LogP contribution in [0.25, 0.3) is 0 Å². The van der Waals surface area contributed by atoms with Gasteiger partial charge in [-0.25, -0.2) is 0 Å².